The predicted molar refractivity (Wildman–Crippen MR) is 101 cm³/mol. The Balaban J connectivity index is 1.58. The van der Waals surface area contributed by atoms with Gasteiger partial charge in [0.05, 0.1) is 17.4 Å². The number of benzene rings is 1. The van der Waals surface area contributed by atoms with Gasteiger partial charge in [0.15, 0.2) is 5.78 Å². The van der Waals surface area contributed by atoms with Crippen LogP contribution in [0.25, 0.3) is 11.5 Å². The molecule has 7 nitrogen and oxygen atoms in total. The maximum atomic E-state index is 12.4. The minimum Gasteiger partial charge on any atom is -0.411 e. The Morgan fingerprint density at radius 1 is 1.19 bits per heavy atom. The summed E-state index contributed by atoms with van der Waals surface area (Å²) in [5.74, 6) is 0.424. The van der Waals surface area contributed by atoms with E-state index in [2.05, 4.69) is 20.5 Å². The SMILES string of the molecule is CC(=O)NC(C)c1ccc(C(=O)CSc2nnc(-c3cccnc3)o2)cc1. The molecule has 0 spiro atoms. The molecule has 1 unspecified atom stereocenters. The normalized spacial score (nSPS) is 11.8. The van der Waals surface area contributed by atoms with Crippen LogP contribution in [0.2, 0.25) is 0 Å². The first-order valence-corrected chi connectivity index (χ1v) is 9.28. The molecule has 0 bridgehead atoms. The van der Waals surface area contributed by atoms with Crippen LogP contribution in [0.5, 0.6) is 0 Å². The summed E-state index contributed by atoms with van der Waals surface area (Å²) in [6.07, 6.45) is 3.30. The van der Waals surface area contributed by atoms with Crippen molar-refractivity contribution >= 4 is 23.5 Å². The molecule has 27 heavy (non-hydrogen) atoms. The van der Waals surface area contributed by atoms with E-state index in [4.69, 9.17) is 4.42 Å². The first kappa shape index (κ1) is 18.8. The van der Waals surface area contributed by atoms with E-state index in [1.54, 1.807) is 30.6 Å². The molecule has 0 radical (unpaired) electrons. The third-order valence-electron chi connectivity index (χ3n) is 3.79. The lowest BCUT2D eigenvalue weighted by atomic mass is 10.0. The van der Waals surface area contributed by atoms with Crippen molar-refractivity contribution in [2.24, 2.45) is 0 Å². The summed E-state index contributed by atoms with van der Waals surface area (Å²) in [6.45, 7) is 3.37. The van der Waals surface area contributed by atoms with E-state index in [9.17, 15) is 9.59 Å². The zero-order chi connectivity index (χ0) is 19.2. The molecule has 3 rings (SSSR count). The summed E-state index contributed by atoms with van der Waals surface area (Å²) in [7, 11) is 0. The van der Waals surface area contributed by atoms with Gasteiger partial charge in [0.25, 0.3) is 5.22 Å². The topological polar surface area (TPSA) is 98.0 Å². The van der Waals surface area contributed by atoms with Crippen LogP contribution < -0.4 is 5.32 Å². The fourth-order valence-corrected chi connectivity index (χ4v) is 3.09. The Bertz CT molecular complexity index is 926. The number of aromatic nitrogens is 3. The first-order valence-electron chi connectivity index (χ1n) is 8.30. The van der Waals surface area contributed by atoms with Crippen molar-refractivity contribution in [1.82, 2.24) is 20.5 Å². The van der Waals surface area contributed by atoms with Gasteiger partial charge >= 0.3 is 0 Å². The number of pyridine rings is 1. The fourth-order valence-electron chi connectivity index (χ4n) is 2.43. The summed E-state index contributed by atoms with van der Waals surface area (Å²) < 4.78 is 5.55. The molecule has 0 aliphatic rings. The van der Waals surface area contributed by atoms with Crippen molar-refractivity contribution in [2.75, 3.05) is 5.75 Å². The highest BCUT2D eigenvalue weighted by Gasteiger charge is 2.13. The van der Waals surface area contributed by atoms with Gasteiger partial charge in [-0.2, -0.15) is 0 Å². The van der Waals surface area contributed by atoms with Gasteiger partial charge < -0.3 is 9.73 Å². The van der Waals surface area contributed by atoms with E-state index in [0.717, 1.165) is 11.1 Å². The second-order valence-corrected chi connectivity index (χ2v) is 6.80. The van der Waals surface area contributed by atoms with Gasteiger partial charge in [-0.25, -0.2) is 0 Å². The van der Waals surface area contributed by atoms with E-state index < -0.39 is 0 Å². The summed E-state index contributed by atoms with van der Waals surface area (Å²) in [6, 6.07) is 10.7. The number of ketones is 1. The summed E-state index contributed by atoms with van der Waals surface area (Å²) in [5.41, 5.74) is 2.26. The van der Waals surface area contributed by atoms with Crippen molar-refractivity contribution in [1.29, 1.82) is 0 Å². The second-order valence-electron chi connectivity index (χ2n) is 5.87. The predicted octanol–water partition coefficient (Wildman–Crippen LogP) is 3.30. The van der Waals surface area contributed by atoms with Crippen LogP contribution in [-0.4, -0.2) is 32.6 Å². The largest absolute Gasteiger partial charge is 0.411 e. The number of rotatable bonds is 7. The number of hydrogen-bond acceptors (Lipinski definition) is 7. The lowest BCUT2D eigenvalue weighted by Gasteiger charge is -2.13. The van der Waals surface area contributed by atoms with Crippen LogP contribution in [0.4, 0.5) is 0 Å². The molecule has 2 heterocycles. The van der Waals surface area contributed by atoms with Crippen molar-refractivity contribution in [2.45, 2.75) is 25.1 Å². The number of thioether (sulfide) groups is 1. The minimum atomic E-state index is -0.106. The van der Waals surface area contributed by atoms with Crippen LogP contribution >= 0.6 is 11.8 Å². The van der Waals surface area contributed by atoms with Gasteiger partial charge in [-0.3, -0.25) is 14.6 Å². The Labute approximate surface area is 160 Å². The van der Waals surface area contributed by atoms with Gasteiger partial charge in [-0.15, -0.1) is 10.2 Å². The van der Waals surface area contributed by atoms with E-state index in [1.807, 2.05) is 25.1 Å². The molecule has 0 aliphatic heterocycles. The molecular weight excluding hydrogens is 364 g/mol. The number of amides is 1. The highest BCUT2D eigenvalue weighted by atomic mass is 32.2. The molecule has 8 heteroatoms. The average Bonchev–Trinajstić information content (AvgIpc) is 3.15. The Hall–Kier alpha value is -3.00. The highest BCUT2D eigenvalue weighted by Crippen LogP contribution is 2.23. The zero-order valence-electron chi connectivity index (χ0n) is 14.9. The van der Waals surface area contributed by atoms with Gasteiger partial charge in [-0.05, 0) is 24.6 Å². The van der Waals surface area contributed by atoms with Gasteiger partial charge in [0, 0.05) is 24.9 Å². The van der Waals surface area contributed by atoms with E-state index in [1.165, 1.54) is 18.7 Å². The van der Waals surface area contributed by atoms with E-state index in [0.29, 0.717) is 16.7 Å². The summed E-state index contributed by atoms with van der Waals surface area (Å²) in [5, 5.41) is 11.1. The zero-order valence-corrected chi connectivity index (χ0v) is 15.7. The standard InChI is InChI=1S/C19H18N4O3S/c1-12(21-13(2)24)14-5-7-15(8-6-14)17(25)11-27-19-23-22-18(26-19)16-4-3-9-20-10-16/h3-10,12H,11H2,1-2H3,(H,21,24). The van der Waals surface area contributed by atoms with Crippen LogP contribution in [0.3, 0.4) is 0 Å². The van der Waals surface area contributed by atoms with E-state index in [-0.39, 0.29) is 23.5 Å². The van der Waals surface area contributed by atoms with Gasteiger partial charge in [0.2, 0.25) is 11.8 Å². The van der Waals surface area contributed by atoms with Crippen molar-refractivity contribution in [3.63, 3.8) is 0 Å². The van der Waals surface area contributed by atoms with Gasteiger partial charge in [0.1, 0.15) is 0 Å². The molecule has 1 N–H and O–H groups in total. The minimum absolute atomic E-state index is 0.0418. The number of nitrogens with one attached hydrogen (secondary N) is 1. The first-order chi connectivity index (χ1) is 13.0. The van der Waals surface area contributed by atoms with Crippen LogP contribution in [0.15, 0.2) is 58.4 Å². The van der Waals surface area contributed by atoms with Crippen molar-refractivity contribution < 1.29 is 14.0 Å². The Morgan fingerprint density at radius 3 is 2.63 bits per heavy atom. The number of carbonyl (C=O) groups excluding carboxylic acids is 2. The molecule has 0 saturated heterocycles. The number of carbonyl (C=O) groups is 2. The summed E-state index contributed by atoms with van der Waals surface area (Å²) >= 11 is 1.19. The molecule has 1 aromatic carbocycles. The van der Waals surface area contributed by atoms with Gasteiger partial charge in [-0.1, -0.05) is 36.0 Å². The number of Topliss-reactive ketones (excluding diaryl/α,β-unsaturated/α-hetero) is 1. The Morgan fingerprint density at radius 2 is 1.96 bits per heavy atom. The quantitative estimate of drug-likeness (QED) is 0.494. The second kappa shape index (κ2) is 8.59. The van der Waals surface area contributed by atoms with E-state index >= 15 is 0 Å². The number of nitrogens with zero attached hydrogens (tertiary/aromatic N) is 3. The molecule has 138 valence electrons. The molecule has 0 aliphatic carbocycles. The maximum Gasteiger partial charge on any atom is 0.277 e. The molecule has 2 aromatic heterocycles. The lowest BCUT2D eigenvalue weighted by Crippen LogP contribution is -2.23. The molecule has 0 fully saturated rings. The molecular formula is C19H18N4O3S. The monoisotopic (exact) mass is 382 g/mol. The van der Waals surface area contributed by atoms with Crippen molar-refractivity contribution in [3.05, 3.63) is 59.9 Å². The third-order valence-corrected chi connectivity index (χ3v) is 4.61. The van der Waals surface area contributed by atoms with Crippen LogP contribution in [0, 0.1) is 0 Å². The van der Waals surface area contributed by atoms with Crippen LogP contribution in [0.1, 0.15) is 35.8 Å². The lowest BCUT2D eigenvalue weighted by molar-refractivity contribution is -0.119. The smallest absolute Gasteiger partial charge is 0.277 e. The summed E-state index contributed by atoms with van der Waals surface area (Å²) in [4.78, 5) is 27.5. The average molecular weight is 382 g/mol. The van der Waals surface area contributed by atoms with Crippen molar-refractivity contribution in [3.8, 4) is 11.5 Å². The molecule has 1 atom stereocenters. The number of hydrogen-bond donors (Lipinski definition) is 1. The highest BCUT2D eigenvalue weighted by molar-refractivity contribution is 7.99. The maximum absolute atomic E-state index is 12.4. The molecule has 3 aromatic rings. The molecule has 1 amide bonds. The Kier molecular flexibility index (Phi) is 5.97. The fraction of sp³-hybridized carbons (Fsp3) is 0.211. The third kappa shape index (κ3) is 5.01. The molecule has 0 saturated carbocycles. The van der Waals surface area contributed by atoms with Crippen LogP contribution in [-0.2, 0) is 4.79 Å².